The molecular formula is C20H19FN4O2S2. The number of benzene rings is 1. The lowest BCUT2D eigenvalue weighted by molar-refractivity contribution is 0.100. The second kappa shape index (κ2) is 7.92. The molecule has 0 saturated carbocycles. The number of amides is 3. The summed E-state index contributed by atoms with van der Waals surface area (Å²) < 4.78 is 13.1. The number of carbonyl (C=O) groups is 2. The molecule has 150 valence electrons. The third-order valence-corrected chi connectivity index (χ3v) is 7.06. The Morgan fingerprint density at radius 1 is 1.28 bits per heavy atom. The van der Waals surface area contributed by atoms with Gasteiger partial charge in [-0.2, -0.15) is 0 Å². The summed E-state index contributed by atoms with van der Waals surface area (Å²) in [5.74, 6) is -0.794. The summed E-state index contributed by atoms with van der Waals surface area (Å²) in [4.78, 5) is 33.2. The first-order chi connectivity index (χ1) is 13.9. The Morgan fingerprint density at radius 3 is 2.69 bits per heavy atom. The lowest BCUT2D eigenvalue weighted by Gasteiger charge is -2.19. The number of urea groups is 1. The summed E-state index contributed by atoms with van der Waals surface area (Å²) in [6.45, 7) is 3.34. The summed E-state index contributed by atoms with van der Waals surface area (Å²) >= 11 is 2.79. The van der Waals surface area contributed by atoms with Crippen LogP contribution in [0.3, 0.4) is 0 Å². The number of halogens is 1. The number of anilines is 1. The molecule has 2 N–H and O–H groups in total. The van der Waals surface area contributed by atoms with Gasteiger partial charge in [0.25, 0.3) is 5.91 Å². The number of nitrogens with two attached hydrogens (primary N) is 1. The Bertz CT molecular complexity index is 1050. The highest BCUT2D eigenvalue weighted by Gasteiger charge is 2.34. The zero-order valence-corrected chi connectivity index (χ0v) is 17.4. The molecule has 6 nitrogen and oxygen atoms in total. The SMILES string of the molecule is Cc1c(C(N)=O)sc(N2CCN(Cc3ccc(F)cc3)C2=O)c1Cc1nccs1. The van der Waals surface area contributed by atoms with E-state index in [-0.39, 0.29) is 11.8 Å². The van der Waals surface area contributed by atoms with Crippen LogP contribution in [0.2, 0.25) is 0 Å². The molecule has 3 aromatic rings. The highest BCUT2D eigenvalue weighted by molar-refractivity contribution is 7.18. The van der Waals surface area contributed by atoms with Crippen LogP contribution in [-0.2, 0) is 13.0 Å². The standard InChI is InChI=1S/C20H19FN4O2S2/c1-12-15(10-16-23-6-9-28-16)19(29-17(12)18(22)26)25-8-7-24(20(25)27)11-13-2-4-14(21)5-3-13/h2-6,9H,7-8,10-11H2,1H3,(H2,22,26). The maximum atomic E-state index is 13.1. The van der Waals surface area contributed by atoms with Crippen LogP contribution < -0.4 is 10.6 Å². The maximum absolute atomic E-state index is 13.1. The first-order valence-corrected chi connectivity index (χ1v) is 10.7. The summed E-state index contributed by atoms with van der Waals surface area (Å²) in [6.07, 6.45) is 2.28. The molecule has 1 fully saturated rings. The van der Waals surface area contributed by atoms with E-state index in [0.29, 0.717) is 30.9 Å². The first kappa shape index (κ1) is 19.5. The van der Waals surface area contributed by atoms with Gasteiger partial charge < -0.3 is 10.6 Å². The number of hydrogen-bond donors (Lipinski definition) is 1. The first-order valence-electron chi connectivity index (χ1n) is 9.05. The zero-order chi connectivity index (χ0) is 20.5. The number of aromatic nitrogens is 1. The number of primary amides is 1. The Labute approximate surface area is 175 Å². The van der Waals surface area contributed by atoms with Crippen LogP contribution >= 0.6 is 22.7 Å². The summed E-state index contributed by atoms with van der Waals surface area (Å²) in [5, 5.41) is 3.56. The van der Waals surface area contributed by atoms with E-state index in [4.69, 9.17) is 5.73 Å². The highest BCUT2D eigenvalue weighted by atomic mass is 32.1. The predicted octanol–water partition coefficient (Wildman–Crippen LogP) is 3.78. The van der Waals surface area contributed by atoms with E-state index in [9.17, 15) is 14.0 Å². The van der Waals surface area contributed by atoms with Crippen LogP contribution in [0.5, 0.6) is 0 Å². The monoisotopic (exact) mass is 430 g/mol. The highest BCUT2D eigenvalue weighted by Crippen LogP contribution is 2.39. The van der Waals surface area contributed by atoms with Crippen LogP contribution in [0, 0.1) is 12.7 Å². The minimum absolute atomic E-state index is 0.132. The van der Waals surface area contributed by atoms with Crippen LogP contribution in [0.1, 0.15) is 31.4 Å². The van der Waals surface area contributed by atoms with E-state index < -0.39 is 5.91 Å². The van der Waals surface area contributed by atoms with Gasteiger partial charge in [-0.05, 0) is 35.7 Å². The van der Waals surface area contributed by atoms with Crippen molar-refractivity contribution < 1.29 is 14.0 Å². The molecule has 4 rings (SSSR count). The van der Waals surface area contributed by atoms with E-state index in [0.717, 1.165) is 26.7 Å². The van der Waals surface area contributed by atoms with Gasteiger partial charge in [0.15, 0.2) is 0 Å². The van der Waals surface area contributed by atoms with Gasteiger partial charge in [0, 0.05) is 37.6 Å². The minimum Gasteiger partial charge on any atom is -0.365 e. The number of carbonyl (C=O) groups excluding carboxylic acids is 2. The zero-order valence-electron chi connectivity index (χ0n) is 15.7. The van der Waals surface area contributed by atoms with Gasteiger partial charge >= 0.3 is 6.03 Å². The molecule has 0 radical (unpaired) electrons. The minimum atomic E-state index is -0.492. The molecule has 1 aliphatic heterocycles. The van der Waals surface area contributed by atoms with Gasteiger partial charge in [-0.25, -0.2) is 14.2 Å². The lowest BCUT2D eigenvalue weighted by Crippen LogP contribution is -2.31. The Balaban J connectivity index is 1.62. The molecule has 1 aliphatic rings. The molecule has 0 spiro atoms. The van der Waals surface area contributed by atoms with E-state index in [2.05, 4.69) is 4.98 Å². The van der Waals surface area contributed by atoms with Gasteiger partial charge in [0.05, 0.1) is 9.88 Å². The second-order valence-electron chi connectivity index (χ2n) is 6.79. The van der Waals surface area contributed by atoms with E-state index in [1.807, 2.05) is 12.3 Å². The third-order valence-electron chi connectivity index (χ3n) is 4.91. The number of thiophene rings is 1. The molecule has 1 aromatic carbocycles. The van der Waals surface area contributed by atoms with Crippen molar-refractivity contribution in [1.82, 2.24) is 9.88 Å². The lowest BCUT2D eigenvalue weighted by atomic mass is 10.1. The van der Waals surface area contributed by atoms with E-state index >= 15 is 0 Å². The molecule has 0 bridgehead atoms. The average Bonchev–Trinajstić information content (AvgIpc) is 3.40. The smallest absolute Gasteiger partial charge is 0.325 e. The summed E-state index contributed by atoms with van der Waals surface area (Å²) in [6, 6.07) is 6.01. The van der Waals surface area contributed by atoms with Crippen LogP contribution in [0.25, 0.3) is 0 Å². The topological polar surface area (TPSA) is 79.5 Å². The number of nitrogens with zero attached hydrogens (tertiary/aromatic N) is 3. The van der Waals surface area contributed by atoms with Gasteiger partial charge in [0.1, 0.15) is 10.8 Å². The molecule has 0 aliphatic carbocycles. The van der Waals surface area contributed by atoms with E-state index in [1.165, 1.54) is 34.8 Å². The molecule has 3 amide bonds. The number of rotatable bonds is 6. The molecule has 1 saturated heterocycles. The van der Waals surface area contributed by atoms with E-state index in [1.54, 1.807) is 28.1 Å². The van der Waals surface area contributed by atoms with Crippen molar-refractivity contribution in [3.05, 3.63) is 68.2 Å². The molecule has 2 aromatic heterocycles. The van der Waals surface area contributed by atoms with Crippen molar-refractivity contribution in [2.24, 2.45) is 5.73 Å². The molecule has 0 unspecified atom stereocenters. The van der Waals surface area contributed by atoms with Crippen LogP contribution in [0.4, 0.5) is 14.2 Å². The van der Waals surface area contributed by atoms with Gasteiger partial charge in [-0.15, -0.1) is 22.7 Å². The number of hydrogen-bond acceptors (Lipinski definition) is 5. The van der Waals surface area contributed by atoms with Crippen LogP contribution in [0.15, 0.2) is 35.8 Å². The normalized spacial score (nSPS) is 14.1. The van der Waals surface area contributed by atoms with Crippen molar-refractivity contribution in [3.63, 3.8) is 0 Å². The fourth-order valence-corrected chi connectivity index (χ4v) is 5.24. The van der Waals surface area contributed by atoms with Crippen molar-refractivity contribution in [2.75, 3.05) is 18.0 Å². The second-order valence-corrected chi connectivity index (χ2v) is 8.77. The van der Waals surface area contributed by atoms with Crippen LogP contribution in [-0.4, -0.2) is 34.9 Å². The third kappa shape index (κ3) is 3.88. The molecule has 3 heterocycles. The number of thiazole rings is 1. The molecular weight excluding hydrogens is 411 g/mol. The van der Waals surface area contributed by atoms with Crippen molar-refractivity contribution in [1.29, 1.82) is 0 Å². The quantitative estimate of drug-likeness (QED) is 0.646. The molecule has 9 heteroatoms. The maximum Gasteiger partial charge on any atom is 0.325 e. The van der Waals surface area contributed by atoms with Gasteiger partial charge in [-0.3, -0.25) is 9.69 Å². The van der Waals surface area contributed by atoms with Gasteiger partial charge in [-0.1, -0.05) is 12.1 Å². The van der Waals surface area contributed by atoms with Crippen molar-refractivity contribution in [2.45, 2.75) is 19.9 Å². The Hall–Kier alpha value is -2.78. The predicted molar refractivity (Wildman–Crippen MR) is 112 cm³/mol. The fourth-order valence-electron chi connectivity index (χ4n) is 3.41. The van der Waals surface area contributed by atoms with Crippen molar-refractivity contribution in [3.8, 4) is 0 Å². The largest absolute Gasteiger partial charge is 0.365 e. The summed E-state index contributed by atoms with van der Waals surface area (Å²) in [7, 11) is 0. The van der Waals surface area contributed by atoms with Crippen molar-refractivity contribution >= 4 is 39.6 Å². The molecule has 29 heavy (non-hydrogen) atoms. The van der Waals surface area contributed by atoms with Gasteiger partial charge in [0.2, 0.25) is 0 Å². The average molecular weight is 431 g/mol. The fraction of sp³-hybridized carbons (Fsp3) is 0.250. The Morgan fingerprint density at radius 2 is 2.03 bits per heavy atom. The summed E-state index contributed by atoms with van der Waals surface area (Å²) in [5.41, 5.74) is 8.14. The Kier molecular flexibility index (Phi) is 5.33. The molecule has 0 atom stereocenters.